The van der Waals surface area contributed by atoms with Crippen LogP contribution in [-0.4, -0.2) is 46.7 Å². The van der Waals surface area contributed by atoms with Crippen LogP contribution in [0.5, 0.6) is 0 Å². The van der Waals surface area contributed by atoms with E-state index in [9.17, 15) is 14.4 Å². The molecule has 3 amide bonds. The van der Waals surface area contributed by atoms with E-state index in [0.29, 0.717) is 0 Å². The quantitative estimate of drug-likeness (QED) is 0.571. The minimum Gasteiger partial charge on any atom is -0.324 e. The van der Waals surface area contributed by atoms with Crippen molar-refractivity contribution in [3.63, 3.8) is 0 Å². The Labute approximate surface area is 181 Å². The van der Waals surface area contributed by atoms with Crippen molar-refractivity contribution in [3.8, 4) is 0 Å². The number of para-hydroxylation sites is 1. The lowest BCUT2D eigenvalue weighted by Crippen LogP contribution is -2.54. The van der Waals surface area contributed by atoms with Crippen LogP contribution in [0.4, 0.5) is 5.69 Å². The molecule has 6 nitrogen and oxygen atoms in total. The van der Waals surface area contributed by atoms with Crippen LogP contribution in [0.25, 0.3) is 0 Å². The molecule has 2 N–H and O–H groups in total. The highest BCUT2D eigenvalue weighted by Gasteiger charge is 2.70. The van der Waals surface area contributed by atoms with Crippen LogP contribution in [0.15, 0.2) is 24.3 Å². The molecule has 4 atom stereocenters. The minimum atomic E-state index is -1.14. The van der Waals surface area contributed by atoms with Crippen molar-refractivity contribution in [3.05, 3.63) is 29.8 Å². The maximum atomic E-state index is 13.8. The van der Waals surface area contributed by atoms with Gasteiger partial charge < -0.3 is 5.32 Å². The van der Waals surface area contributed by atoms with Crippen molar-refractivity contribution in [2.24, 2.45) is 11.8 Å². The number of anilines is 1. The zero-order chi connectivity index (χ0) is 20.9. The molecular formula is C23H29N3O3S. The Morgan fingerprint density at radius 2 is 1.80 bits per heavy atom. The third kappa shape index (κ3) is 2.78. The monoisotopic (exact) mass is 427 g/mol. The van der Waals surface area contributed by atoms with Gasteiger partial charge in [0.15, 0.2) is 0 Å². The summed E-state index contributed by atoms with van der Waals surface area (Å²) in [6.45, 7) is 0. The van der Waals surface area contributed by atoms with Gasteiger partial charge in [0.2, 0.25) is 17.7 Å². The number of carbonyl (C=O) groups excluding carboxylic acids is 3. The Hall–Kier alpha value is -1.86. The van der Waals surface area contributed by atoms with Gasteiger partial charge >= 0.3 is 0 Å². The molecule has 1 saturated carbocycles. The van der Waals surface area contributed by atoms with Crippen molar-refractivity contribution in [2.45, 2.75) is 62.6 Å². The predicted octanol–water partition coefficient (Wildman–Crippen LogP) is 2.88. The van der Waals surface area contributed by atoms with Crippen LogP contribution >= 0.6 is 11.8 Å². The molecule has 160 valence electrons. The Kier molecular flexibility index (Phi) is 5.14. The largest absolute Gasteiger partial charge is 0.324 e. The highest BCUT2D eigenvalue weighted by molar-refractivity contribution is 7.98. The molecule has 30 heavy (non-hydrogen) atoms. The molecule has 0 bridgehead atoms. The summed E-state index contributed by atoms with van der Waals surface area (Å²) in [5, 5.41) is 6.48. The number of fused-ring (bicyclic) bond motifs is 4. The standard InChI is InChI=1S/C23H29N3O3S/c1-30-13-12-17-18-19(21(28)26(20(18)27)14-8-4-2-3-5-9-14)23(25-17)15-10-6-7-11-16(15)24-22(23)29/h6-7,10-11,14,17-19,25H,2-5,8-9,12-13H2,1H3,(H,24,29)/t17-,18-,19+,23+/m1/s1. The Bertz CT molecular complexity index is 882. The summed E-state index contributed by atoms with van der Waals surface area (Å²) in [6, 6.07) is 7.38. The summed E-state index contributed by atoms with van der Waals surface area (Å²) in [5.41, 5.74) is 0.407. The summed E-state index contributed by atoms with van der Waals surface area (Å²) in [4.78, 5) is 42.4. The Balaban J connectivity index is 1.58. The second-order valence-electron chi connectivity index (χ2n) is 9.04. The second kappa shape index (κ2) is 7.68. The van der Waals surface area contributed by atoms with Crippen LogP contribution in [0, 0.1) is 11.8 Å². The van der Waals surface area contributed by atoms with Crippen molar-refractivity contribution >= 4 is 35.2 Å². The smallest absolute Gasteiger partial charge is 0.250 e. The van der Waals surface area contributed by atoms with Gasteiger partial charge in [0.25, 0.3) is 0 Å². The van der Waals surface area contributed by atoms with E-state index in [1.54, 1.807) is 16.7 Å². The second-order valence-corrected chi connectivity index (χ2v) is 10.0. The lowest BCUT2D eigenvalue weighted by atomic mass is 9.76. The molecule has 4 aliphatic rings. The van der Waals surface area contributed by atoms with E-state index in [1.807, 2.05) is 30.5 Å². The molecule has 0 unspecified atom stereocenters. The van der Waals surface area contributed by atoms with Crippen molar-refractivity contribution < 1.29 is 14.4 Å². The highest BCUT2D eigenvalue weighted by atomic mass is 32.2. The first-order valence-corrected chi connectivity index (χ1v) is 12.5. The molecule has 1 aromatic rings. The van der Waals surface area contributed by atoms with E-state index in [0.717, 1.165) is 61.9 Å². The number of amides is 3. The van der Waals surface area contributed by atoms with Crippen LogP contribution in [0.1, 0.15) is 50.5 Å². The Morgan fingerprint density at radius 1 is 1.07 bits per heavy atom. The number of nitrogens with one attached hydrogen (secondary N) is 2. The first kappa shape index (κ1) is 20.1. The van der Waals surface area contributed by atoms with Gasteiger partial charge in [-0.25, -0.2) is 0 Å². The molecule has 7 heteroatoms. The van der Waals surface area contributed by atoms with Crippen molar-refractivity contribution in [2.75, 3.05) is 17.3 Å². The summed E-state index contributed by atoms with van der Waals surface area (Å²) in [7, 11) is 0. The molecular weight excluding hydrogens is 398 g/mol. The molecule has 1 spiro atoms. The van der Waals surface area contributed by atoms with E-state index in [4.69, 9.17) is 0 Å². The van der Waals surface area contributed by atoms with Gasteiger partial charge in [0.1, 0.15) is 5.54 Å². The molecule has 3 heterocycles. The van der Waals surface area contributed by atoms with Crippen LogP contribution in [0.3, 0.4) is 0 Å². The van der Waals surface area contributed by atoms with E-state index in [1.165, 1.54) is 0 Å². The van der Waals surface area contributed by atoms with Gasteiger partial charge in [-0.15, -0.1) is 0 Å². The van der Waals surface area contributed by atoms with Crippen LogP contribution in [0.2, 0.25) is 0 Å². The maximum Gasteiger partial charge on any atom is 0.250 e. The van der Waals surface area contributed by atoms with E-state index >= 15 is 0 Å². The normalized spacial score (nSPS) is 33.7. The third-order valence-electron chi connectivity index (χ3n) is 7.48. The summed E-state index contributed by atoms with van der Waals surface area (Å²) in [5.74, 6) is -0.666. The number of hydrogen-bond acceptors (Lipinski definition) is 5. The molecule has 1 aliphatic carbocycles. The number of imide groups is 1. The zero-order valence-corrected chi connectivity index (χ0v) is 18.2. The molecule has 0 aromatic heterocycles. The summed E-state index contributed by atoms with van der Waals surface area (Å²) < 4.78 is 0. The first-order valence-electron chi connectivity index (χ1n) is 11.1. The molecule has 3 fully saturated rings. The highest BCUT2D eigenvalue weighted by Crippen LogP contribution is 2.54. The fourth-order valence-corrected chi connectivity index (χ4v) is 6.64. The zero-order valence-electron chi connectivity index (χ0n) is 17.4. The summed E-state index contributed by atoms with van der Waals surface area (Å²) in [6.07, 6.45) is 9.01. The number of benzene rings is 1. The van der Waals surface area contributed by atoms with Gasteiger partial charge in [0, 0.05) is 23.3 Å². The van der Waals surface area contributed by atoms with Crippen molar-refractivity contribution in [1.82, 2.24) is 10.2 Å². The minimum absolute atomic E-state index is 0.0175. The molecule has 2 saturated heterocycles. The van der Waals surface area contributed by atoms with Gasteiger partial charge in [-0.2, -0.15) is 11.8 Å². The number of likely N-dealkylation sites (tertiary alicyclic amines) is 1. The van der Waals surface area contributed by atoms with Crippen LogP contribution < -0.4 is 10.6 Å². The number of hydrogen-bond donors (Lipinski definition) is 2. The van der Waals surface area contributed by atoms with Gasteiger partial charge in [-0.05, 0) is 37.3 Å². The lowest BCUT2D eigenvalue weighted by molar-refractivity contribution is -0.145. The van der Waals surface area contributed by atoms with Crippen LogP contribution in [-0.2, 0) is 19.9 Å². The predicted molar refractivity (Wildman–Crippen MR) is 117 cm³/mol. The maximum absolute atomic E-state index is 13.8. The van der Waals surface area contributed by atoms with E-state index < -0.39 is 17.4 Å². The first-order chi connectivity index (χ1) is 14.6. The number of nitrogens with zero attached hydrogens (tertiary/aromatic N) is 1. The fraction of sp³-hybridized carbons (Fsp3) is 0.609. The molecule has 0 radical (unpaired) electrons. The topological polar surface area (TPSA) is 78.5 Å². The Morgan fingerprint density at radius 3 is 2.53 bits per heavy atom. The van der Waals surface area contributed by atoms with Gasteiger partial charge in [-0.1, -0.05) is 43.9 Å². The van der Waals surface area contributed by atoms with E-state index in [-0.39, 0.29) is 29.8 Å². The molecule has 3 aliphatic heterocycles. The average Bonchev–Trinajstić information content (AvgIpc) is 3.21. The third-order valence-corrected chi connectivity index (χ3v) is 8.12. The van der Waals surface area contributed by atoms with Crippen molar-refractivity contribution in [1.29, 1.82) is 0 Å². The number of rotatable bonds is 4. The lowest BCUT2D eigenvalue weighted by Gasteiger charge is -2.32. The van der Waals surface area contributed by atoms with E-state index in [2.05, 4.69) is 10.6 Å². The SMILES string of the molecule is CSCC[C@H]1N[C@]2(C(=O)Nc3ccccc32)[C@@H]2C(=O)N(C3CCCCCC3)C(=O)[C@@H]21. The average molecular weight is 428 g/mol. The molecule has 1 aromatic carbocycles. The number of thioether (sulfide) groups is 1. The van der Waals surface area contributed by atoms with Gasteiger partial charge in [0.05, 0.1) is 11.8 Å². The summed E-state index contributed by atoms with van der Waals surface area (Å²) >= 11 is 1.72. The molecule has 5 rings (SSSR count). The van der Waals surface area contributed by atoms with Gasteiger partial charge in [-0.3, -0.25) is 24.6 Å². The number of carbonyl (C=O) groups is 3. The fourth-order valence-electron chi connectivity index (χ4n) is 6.15.